The molecule has 2 aromatic heterocycles. The van der Waals surface area contributed by atoms with Crippen molar-refractivity contribution in [2.75, 3.05) is 44.7 Å². The first-order chi connectivity index (χ1) is 18.1. The highest BCUT2D eigenvalue weighted by atomic mass is 16.5. The van der Waals surface area contributed by atoms with Gasteiger partial charge in [-0.3, -0.25) is 9.69 Å². The number of hydrogen-bond acceptors (Lipinski definition) is 6. The minimum atomic E-state index is 0.139. The summed E-state index contributed by atoms with van der Waals surface area (Å²) in [5.41, 5.74) is 5.50. The molecule has 37 heavy (non-hydrogen) atoms. The summed E-state index contributed by atoms with van der Waals surface area (Å²) in [6.45, 7) is 10.2. The van der Waals surface area contributed by atoms with Crippen LogP contribution >= 0.6 is 0 Å². The number of ether oxygens (including phenoxy) is 1. The topological polar surface area (TPSA) is 84.3 Å². The number of imidazole rings is 1. The fourth-order valence-electron chi connectivity index (χ4n) is 5.55. The van der Waals surface area contributed by atoms with Crippen LogP contribution in [0.15, 0.2) is 36.5 Å². The molecule has 3 heterocycles. The number of carbonyl (C=O) groups excluding carboxylic acids is 1. The van der Waals surface area contributed by atoms with Crippen LogP contribution in [0.2, 0.25) is 0 Å². The van der Waals surface area contributed by atoms with E-state index in [2.05, 4.69) is 63.2 Å². The first-order valence-corrected chi connectivity index (χ1v) is 13.8. The fraction of sp³-hybridized carbons (Fsp3) is 0.552. The van der Waals surface area contributed by atoms with Crippen molar-refractivity contribution in [2.45, 2.75) is 58.5 Å². The first-order valence-electron chi connectivity index (χ1n) is 13.8. The molecule has 3 aromatic rings. The molecule has 0 spiro atoms. The van der Waals surface area contributed by atoms with E-state index in [0.29, 0.717) is 6.04 Å². The Kier molecular flexibility index (Phi) is 8.36. The standard InChI is InChI=1S/C29H40N6O2/c1-3-26-33-27-21(2)12-13-30-28(27)35(26)20-22-4-8-24(9-5-22)32-25-10-6-23(7-11-25)29(36)31-14-15-34-16-18-37-19-17-34/h4-5,8-9,12-13,23,25,32H,3,6-7,10-11,14-20H2,1-2H3,(H,31,36). The summed E-state index contributed by atoms with van der Waals surface area (Å²) in [7, 11) is 0. The second-order valence-corrected chi connectivity index (χ2v) is 10.4. The Hall–Kier alpha value is -2.97. The van der Waals surface area contributed by atoms with Gasteiger partial charge in [-0.05, 0) is 61.9 Å². The molecule has 0 unspecified atom stereocenters. The molecular weight excluding hydrogens is 464 g/mol. The molecule has 8 nitrogen and oxygen atoms in total. The van der Waals surface area contributed by atoms with E-state index in [4.69, 9.17) is 9.72 Å². The van der Waals surface area contributed by atoms with Gasteiger partial charge >= 0.3 is 0 Å². The number of morpholine rings is 1. The molecule has 1 aliphatic heterocycles. The van der Waals surface area contributed by atoms with E-state index in [0.717, 1.165) is 106 Å². The van der Waals surface area contributed by atoms with E-state index in [1.54, 1.807) is 0 Å². The third-order valence-electron chi connectivity index (χ3n) is 7.83. The van der Waals surface area contributed by atoms with Crippen LogP contribution in [0.1, 0.15) is 49.6 Å². The number of nitrogens with one attached hydrogen (secondary N) is 2. The average Bonchev–Trinajstić information content (AvgIpc) is 3.29. The fourth-order valence-corrected chi connectivity index (χ4v) is 5.55. The van der Waals surface area contributed by atoms with Crippen LogP contribution < -0.4 is 10.6 Å². The largest absolute Gasteiger partial charge is 0.382 e. The minimum Gasteiger partial charge on any atom is -0.382 e. The molecule has 1 amide bonds. The van der Waals surface area contributed by atoms with E-state index in [1.807, 2.05) is 12.3 Å². The van der Waals surface area contributed by atoms with Gasteiger partial charge in [-0.25, -0.2) is 9.97 Å². The lowest BCUT2D eigenvalue weighted by Crippen LogP contribution is -2.43. The Balaban J connectivity index is 1.09. The molecule has 0 bridgehead atoms. The minimum absolute atomic E-state index is 0.139. The Morgan fingerprint density at radius 2 is 1.84 bits per heavy atom. The molecule has 8 heteroatoms. The maximum Gasteiger partial charge on any atom is 0.223 e. The predicted octanol–water partition coefficient (Wildman–Crippen LogP) is 3.77. The van der Waals surface area contributed by atoms with Gasteiger partial charge in [0.2, 0.25) is 5.91 Å². The Morgan fingerprint density at radius 1 is 1.08 bits per heavy atom. The molecule has 1 aromatic carbocycles. The lowest BCUT2D eigenvalue weighted by atomic mass is 9.85. The van der Waals surface area contributed by atoms with E-state index < -0.39 is 0 Å². The SMILES string of the molecule is CCc1nc2c(C)ccnc2n1Cc1ccc(NC2CCC(C(=O)NCCN3CCOCC3)CC2)cc1. The Bertz CT molecular complexity index is 1180. The number of carbonyl (C=O) groups is 1. The summed E-state index contributed by atoms with van der Waals surface area (Å²) < 4.78 is 7.62. The number of benzene rings is 1. The van der Waals surface area contributed by atoms with E-state index in [1.165, 1.54) is 5.56 Å². The van der Waals surface area contributed by atoms with Crippen LogP contribution in [0.25, 0.3) is 11.2 Å². The van der Waals surface area contributed by atoms with Crippen molar-refractivity contribution in [1.29, 1.82) is 0 Å². The van der Waals surface area contributed by atoms with Crippen LogP contribution in [-0.4, -0.2) is 70.8 Å². The summed E-state index contributed by atoms with van der Waals surface area (Å²) in [5.74, 6) is 1.43. The monoisotopic (exact) mass is 504 g/mol. The molecule has 1 saturated carbocycles. The molecule has 198 valence electrons. The van der Waals surface area contributed by atoms with E-state index in [-0.39, 0.29) is 11.8 Å². The van der Waals surface area contributed by atoms with E-state index >= 15 is 0 Å². The zero-order valence-corrected chi connectivity index (χ0v) is 22.2. The number of rotatable bonds is 9. The number of aromatic nitrogens is 3. The van der Waals surface area contributed by atoms with Crippen molar-refractivity contribution < 1.29 is 9.53 Å². The Labute approximate surface area is 219 Å². The Morgan fingerprint density at radius 3 is 2.57 bits per heavy atom. The van der Waals surface area contributed by atoms with Gasteiger partial charge in [0.15, 0.2) is 5.65 Å². The summed E-state index contributed by atoms with van der Waals surface area (Å²) >= 11 is 0. The van der Waals surface area contributed by atoms with Gasteiger partial charge < -0.3 is 19.9 Å². The van der Waals surface area contributed by atoms with Crippen LogP contribution in [0.3, 0.4) is 0 Å². The van der Waals surface area contributed by atoms with Crippen molar-refractivity contribution >= 4 is 22.8 Å². The van der Waals surface area contributed by atoms with Gasteiger partial charge in [-0.15, -0.1) is 0 Å². The number of amides is 1. The number of fused-ring (bicyclic) bond motifs is 1. The van der Waals surface area contributed by atoms with Crippen LogP contribution in [0.5, 0.6) is 0 Å². The molecule has 1 aliphatic carbocycles. The second kappa shape index (κ2) is 12.0. The third kappa shape index (κ3) is 6.30. The van der Waals surface area contributed by atoms with Crippen molar-refractivity contribution in [1.82, 2.24) is 24.8 Å². The maximum atomic E-state index is 12.6. The van der Waals surface area contributed by atoms with Crippen molar-refractivity contribution in [3.8, 4) is 0 Å². The highest BCUT2D eigenvalue weighted by Crippen LogP contribution is 2.27. The molecule has 2 fully saturated rings. The summed E-state index contributed by atoms with van der Waals surface area (Å²) in [4.78, 5) is 24.4. The van der Waals surface area contributed by atoms with Gasteiger partial charge in [0.25, 0.3) is 0 Å². The summed E-state index contributed by atoms with van der Waals surface area (Å²) in [6.07, 6.45) is 6.68. The second-order valence-electron chi connectivity index (χ2n) is 10.4. The summed E-state index contributed by atoms with van der Waals surface area (Å²) in [6, 6.07) is 11.2. The first kappa shape index (κ1) is 25.7. The highest BCUT2D eigenvalue weighted by Gasteiger charge is 2.26. The quantitative estimate of drug-likeness (QED) is 0.462. The van der Waals surface area contributed by atoms with Crippen LogP contribution in [-0.2, 0) is 22.5 Å². The van der Waals surface area contributed by atoms with Crippen molar-refractivity contribution in [3.05, 3.63) is 53.5 Å². The van der Waals surface area contributed by atoms with Gasteiger partial charge in [0, 0.05) is 56.4 Å². The number of anilines is 1. The lowest BCUT2D eigenvalue weighted by molar-refractivity contribution is -0.126. The highest BCUT2D eigenvalue weighted by molar-refractivity contribution is 5.78. The van der Waals surface area contributed by atoms with Crippen molar-refractivity contribution in [3.63, 3.8) is 0 Å². The number of nitrogens with zero attached hydrogens (tertiary/aromatic N) is 4. The molecule has 0 atom stereocenters. The lowest BCUT2D eigenvalue weighted by Gasteiger charge is -2.30. The molecular formula is C29H40N6O2. The normalized spacial score (nSPS) is 20.7. The number of hydrogen-bond donors (Lipinski definition) is 2. The molecule has 2 aliphatic rings. The molecule has 1 saturated heterocycles. The van der Waals surface area contributed by atoms with Gasteiger partial charge in [-0.2, -0.15) is 0 Å². The maximum absolute atomic E-state index is 12.6. The summed E-state index contributed by atoms with van der Waals surface area (Å²) in [5, 5.41) is 6.85. The zero-order chi connectivity index (χ0) is 25.6. The van der Waals surface area contributed by atoms with Crippen LogP contribution in [0.4, 0.5) is 5.69 Å². The van der Waals surface area contributed by atoms with Crippen LogP contribution in [0, 0.1) is 12.8 Å². The molecule has 5 rings (SSSR count). The van der Waals surface area contributed by atoms with E-state index in [9.17, 15) is 4.79 Å². The van der Waals surface area contributed by atoms with Crippen molar-refractivity contribution in [2.24, 2.45) is 5.92 Å². The molecule has 2 N–H and O–H groups in total. The number of aryl methyl sites for hydroxylation is 2. The smallest absolute Gasteiger partial charge is 0.223 e. The molecule has 0 radical (unpaired) electrons. The van der Waals surface area contributed by atoms with Gasteiger partial charge in [-0.1, -0.05) is 19.1 Å². The van der Waals surface area contributed by atoms with Gasteiger partial charge in [0.1, 0.15) is 11.3 Å². The zero-order valence-electron chi connectivity index (χ0n) is 22.2. The number of pyridine rings is 1. The van der Waals surface area contributed by atoms with Gasteiger partial charge in [0.05, 0.1) is 19.8 Å². The third-order valence-corrected chi connectivity index (χ3v) is 7.83. The average molecular weight is 505 g/mol. The predicted molar refractivity (Wildman–Crippen MR) is 147 cm³/mol.